The summed E-state index contributed by atoms with van der Waals surface area (Å²) in [4.78, 5) is 11.1. The number of nitrogens with one attached hydrogen (secondary N) is 1. The topological polar surface area (TPSA) is 41.0 Å². The molecule has 0 amide bonds. The smallest absolute Gasteiger partial charge is 0.136 e. The third kappa shape index (κ3) is 4.70. The number of hydrogen-bond donors (Lipinski definition) is 1. The van der Waals surface area contributed by atoms with Crippen LogP contribution in [0.3, 0.4) is 0 Å². The van der Waals surface area contributed by atoms with Gasteiger partial charge in [0.25, 0.3) is 0 Å². The summed E-state index contributed by atoms with van der Waals surface area (Å²) in [6, 6.07) is 10.0. The fraction of sp³-hybridized carbons (Fsp3) is 0.375. The van der Waals surface area contributed by atoms with E-state index in [0.717, 1.165) is 40.6 Å². The SMILES string of the molecule is CCCCN(C)c1cc(Nc2cccc(Br)c2)nc(C)n1. The minimum Gasteiger partial charge on any atom is -0.360 e. The molecular formula is C16H21BrN4. The summed E-state index contributed by atoms with van der Waals surface area (Å²) in [5.74, 6) is 2.54. The molecule has 0 aliphatic carbocycles. The Kier molecular flexibility index (Phi) is 5.56. The summed E-state index contributed by atoms with van der Waals surface area (Å²) < 4.78 is 1.04. The average molecular weight is 349 g/mol. The van der Waals surface area contributed by atoms with Crippen molar-refractivity contribution >= 4 is 33.3 Å². The molecule has 0 aliphatic heterocycles. The molecule has 0 atom stereocenters. The number of benzene rings is 1. The monoisotopic (exact) mass is 348 g/mol. The number of hydrogen-bond acceptors (Lipinski definition) is 4. The Morgan fingerprint density at radius 3 is 2.76 bits per heavy atom. The predicted molar refractivity (Wildman–Crippen MR) is 92.4 cm³/mol. The van der Waals surface area contributed by atoms with E-state index in [1.807, 2.05) is 37.3 Å². The molecule has 0 saturated carbocycles. The molecule has 1 aromatic carbocycles. The van der Waals surface area contributed by atoms with Crippen LogP contribution in [0.1, 0.15) is 25.6 Å². The first-order valence-electron chi connectivity index (χ1n) is 7.18. The number of aryl methyl sites for hydroxylation is 1. The van der Waals surface area contributed by atoms with E-state index in [1.165, 1.54) is 6.42 Å². The minimum absolute atomic E-state index is 0.772. The number of nitrogens with zero attached hydrogens (tertiary/aromatic N) is 3. The molecule has 0 bridgehead atoms. The normalized spacial score (nSPS) is 10.5. The maximum Gasteiger partial charge on any atom is 0.136 e. The molecule has 21 heavy (non-hydrogen) atoms. The largest absolute Gasteiger partial charge is 0.360 e. The molecule has 5 heteroatoms. The van der Waals surface area contributed by atoms with Crippen LogP contribution in [0.15, 0.2) is 34.8 Å². The van der Waals surface area contributed by atoms with Gasteiger partial charge < -0.3 is 10.2 Å². The Balaban J connectivity index is 2.18. The maximum atomic E-state index is 4.51. The maximum absolute atomic E-state index is 4.51. The summed E-state index contributed by atoms with van der Waals surface area (Å²) in [7, 11) is 2.07. The van der Waals surface area contributed by atoms with Crippen molar-refractivity contribution in [2.75, 3.05) is 23.8 Å². The third-order valence-corrected chi connectivity index (χ3v) is 3.65. The summed E-state index contributed by atoms with van der Waals surface area (Å²) >= 11 is 3.48. The van der Waals surface area contributed by atoms with Gasteiger partial charge in [-0.2, -0.15) is 0 Å². The van der Waals surface area contributed by atoms with Crippen molar-refractivity contribution in [2.24, 2.45) is 0 Å². The van der Waals surface area contributed by atoms with Crippen LogP contribution in [0.25, 0.3) is 0 Å². The first kappa shape index (κ1) is 15.8. The van der Waals surface area contributed by atoms with E-state index < -0.39 is 0 Å². The van der Waals surface area contributed by atoms with Gasteiger partial charge in [-0.15, -0.1) is 0 Å². The minimum atomic E-state index is 0.772. The van der Waals surface area contributed by atoms with Crippen molar-refractivity contribution < 1.29 is 0 Å². The molecule has 0 spiro atoms. The van der Waals surface area contributed by atoms with Crippen molar-refractivity contribution in [1.29, 1.82) is 0 Å². The lowest BCUT2D eigenvalue weighted by Crippen LogP contribution is -2.20. The zero-order valence-corrected chi connectivity index (χ0v) is 14.3. The first-order chi connectivity index (χ1) is 10.1. The van der Waals surface area contributed by atoms with Crippen molar-refractivity contribution in [3.05, 3.63) is 40.6 Å². The number of rotatable bonds is 6. The quantitative estimate of drug-likeness (QED) is 0.832. The van der Waals surface area contributed by atoms with Gasteiger partial charge in [0.05, 0.1) is 0 Å². The van der Waals surface area contributed by atoms with Crippen LogP contribution in [0.2, 0.25) is 0 Å². The van der Waals surface area contributed by atoms with Crippen LogP contribution in [0, 0.1) is 6.92 Å². The molecule has 0 fully saturated rings. The van der Waals surface area contributed by atoms with Gasteiger partial charge in [-0.05, 0) is 31.5 Å². The van der Waals surface area contributed by atoms with Gasteiger partial charge in [-0.3, -0.25) is 0 Å². The highest BCUT2D eigenvalue weighted by Crippen LogP contribution is 2.22. The first-order valence-corrected chi connectivity index (χ1v) is 7.97. The fourth-order valence-electron chi connectivity index (χ4n) is 2.04. The molecule has 112 valence electrons. The van der Waals surface area contributed by atoms with E-state index in [2.05, 4.69) is 50.1 Å². The molecule has 1 heterocycles. The lowest BCUT2D eigenvalue weighted by molar-refractivity contribution is 0.756. The Labute approximate surface area is 134 Å². The Morgan fingerprint density at radius 1 is 1.24 bits per heavy atom. The van der Waals surface area contributed by atoms with Crippen LogP contribution in [0.4, 0.5) is 17.3 Å². The Bertz CT molecular complexity index is 601. The second-order valence-electron chi connectivity index (χ2n) is 5.07. The molecular weight excluding hydrogens is 328 g/mol. The second-order valence-corrected chi connectivity index (χ2v) is 5.98. The zero-order chi connectivity index (χ0) is 15.2. The third-order valence-electron chi connectivity index (χ3n) is 3.16. The average Bonchev–Trinajstić information content (AvgIpc) is 2.44. The fourth-order valence-corrected chi connectivity index (χ4v) is 2.43. The Morgan fingerprint density at radius 2 is 2.05 bits per heavy atom. The number of aromatic nitrogens is 2. The molecule has 2 aromatic rings. The number of unbranched alkanes of at least 4 members (excludes halogenated alkanes) is 1. The molecule has 0 aliphatic rings. The van der Waals surface area contributed by atoms with E-state index in [1.54, 1.807) is 0 Å². The van der Waals surface area contributed by atoms with Gasteiger partial charge in [-0.25, -0.2) is 9.97 Å². The lowest BCUT2D eigenvalue weighted by atomic mass is 10.3. The van der Waals surface area contributed by atoms with Gasteiger partial charge in [0.2, 0.25) is 0 Å². The van der Waals surface area contributed by atoms with E-state index in [-0.39, 0.29) is 0 Å². The molecule has 0 saturated heterocycles. The van der Waals surface area contributed by atoms with Crippen LogP contribution in [0.5, 0.6) is 0 Å². The van der Waals surface area contributed by atoms with Crippen molar-refractivity contribution in [3.63, 3.8) is 0 Å². The molecule has 0 radical (unpaired) electrons. The van der Waals surface area contributed by atoms with Gasteiger partial charge in [0, 0.05) is 29.8 Å². The van der Waals surface area contributed by atoms with Crippen LogP contribution < -0.4 is 10.2 Å². The van der Waals surface area contributed by atoms with Crippen molar-refractivity contribution in [1.82, 2.24) is 9.97 Å². The van der Waals surface area contributed by atoms with Gasteiger partial charge >= 0.3 is 0 Å². The highest BCUT2D eigenvalue weighted by Gasteiger charge is 2.07. The lowest BCUT2D eigenvalue weighted by Gasteiger charge is -2.19. The summed E-state index contributed by atoms with van der Waals surface area (Å²) in [6.07, 6.45) is 2.34. The van der Waals surface area contributed by atoms with Crippen LogP contribution in [-0.2, 0) is 0 Å². The molecule has 1 N–H and O–H groups in total. The summed E-state index contributed by atoms with van der Waals surface area (Å²) in [5.41, 5.74) is 1.00. The van der Waals surface area contributed by atoms with E-state index in [4.69, 9.17) is 0 Å². The van der Waals surface area contributed by atoms with Crippen LogP contribution in [-0.4, -0.2) is 23.6 Å². The van der Waals surface area contributed by atoms with Gasteiger partial charge in [0.15, 0.2) is 0 Å². The van der Waals surface area contributed by atoms with Crippen LogP contribution >= 0.6 is 15.9 Å². The highest BCUT2D eigenvalue weighted by atomic mass is 79.9. The highest BCUT2D eigenvalue weighted by molar-refractivity contribution is 9.10. The number of halogens is 1. The molecule has 1 aromatic heterocycles. The van der Waals surface area contributed by atoms with Gasteiger partial charge in [0.1, 0.15) is 17.5 Å². The summed E-state index contributed by atoms with van der Waals surface area (Å²) in [6.45, 7) is 5.12. The molecule has 2 rings (SSSR count). The standard InChI is InChI=1S/C16H21BrN4/c1-4-5-9-21(3)16-11-15(18-12(2)19-16)20-14-8-6-7-13(17)10-14/h6-8,10-11H,4-5,9H2,1-3H3,(H,18,19,20). The zero-order valence-electron chi connectivity index (χ0n) is 12.7. The van der Waals surface area contributed by atoms with E-state index >= 15 is 0 Å². The van der Waals surface area contributed by atoms with Crippen molar-refractivity contribution in [2.45, 2.75) is 26.7 Å². The summed E-state index contributed by atoms with van der Waals surface area (Å²) in [5, 5.41) is 3.33. The Hall–Kier alpha value is -1.62. The predicted octanol–water partition coefficient (Wildman–Crippen LogP) is 4.53. The number of anilines is 3. The molecule has 0 unspecified atom stereocenters. The van der Waals surface area contributed by atoms with Gasteiger partial charge in [-0.1, -0.05) is 35.3 Å². The molecule has 4 nitrogen and oxygen atoms in total. The van der Waals surface area contributed by atoms with E-state index in [0.29, 0.717) is 0 Å². The second kappa shape index (κ2) is 7.41. The van der Waals surface area contributed by atoms with E-state index in [9.17, 15) is 0 Å². The van der Waals surface area contributed by atoms with Crippen molar-refractivity contribution in [3.8, 4) is 0 Å².